The molecule has 0 radical (unpaired) electrons. The van der Waals surface area contributed by atoms with E-state index in [2.05, 4.69) is 10.1 Å². The van der Waals surface area contributed by atoms with Gasteiger partial charge in [0.15, 0.2) is 0 Å². The normalized spacial score (nSPS) is 10.8. The smallest absolute Gasteiger partial charge is 0.270 e. The van der Waals surface area contributed by atoms with E-state index in [1.54, 1.807) is 26.0 Å². The number of hydrogen-bond donors (Lipinski definition) is 0. The van der Waals surface area contributed by atoms with Gasteiger partial charge in [-0.1, -0.05) is 31.1 Å². The highest BCUT2D eigenvalue weighted by Gasteiger charge is 2.16. The summed E-state index contributed by atoms with van der Waals surface area (Å²) in [7, 11) is 0. The van der Waals surface area contributed by atoms with Gasteiger partial charge in [-0.2, -0.15) is 4.98 Å². The summed E-state index contributed by atoms with van der Waals surface area (Å²) in [5, 5.41) is 14.4. The molecule has 2 rings (SSSR count). The minimum atomic E-state index is -0.493. The van der Waals surface area contributed by atoms with Gasteiger partial charge < -0.3 is 4.52 Å². The topological polar surface area (TPSA) is 99.1 Å². The van der Waals surface area contributed by atoms with E-state index in [0.717, 1.165) is 0 Å². The first-order valence-corrected chi connectivity index (χ1v) is 6.07. The number of ketones is 1. The lowest BCUT2D eigenvalue weighted by atomic mass is 10.1. The zero-order chi connectivity index (χ0) is 14.7. The Balaban J connectivity index is 2.22. The maximum atomic E-state index is 11.6. The van der Waals surface area contributed by atoms with Crippen molar-refractivity contribution in [3.63, 3.8) is 0 Å². The van der Waals surface area contributed by atoms with E-state index in [0.29, 0.717) is 5.56 Å². The van der Waals surface area contributed by atoms with Gasteiger partial charge >= 0.3 is 0 Å². The number of carbonyl (C=O) groups is 1. The Morgan fingerprint density at radius 3 is 2.85 bits per heavy atom. The summed E-state index contributed by atoms with van der Waals surface area (Å²) in [6, 6.07) is 5.93. The summed E-state index contributed by atoms with van der Waals surface area (Å²) in [4.78, 5) is 25.9. The fraction of sp³-hybridized carbons (Fsp3) is 0.308. The molecule has 0 amide bonds. The van der Waals surface area contributed by atoms with Crippen LogP contribution >= 0.6 is 0 Å². The number of benzene rings is 1. The molecule has 0 saturated carbocycles. The second kappa shape index (κ2) is 5.60. The van der Waals surface area contributed by atoms with Crippen LogP contribution in [0.25, 0.3) is 11.4 Å². The third kappa shape index (κ3) is 3.05. The molecular formula is C13H13N3O4. The zero-order valence-electron chi connectivity index (χ0n) is 11.1. The molecule has 0 unspecified atom stereocenters. The molecule has 0 aliphatic rings. The Bertz CT molecular complexity index is 649. The molecule has 104 valence electrons. The van der Waals surface area contributed by atoms with E-state index in [-0.39, 0.29) is 35.5 Å². The van der Waals surface area contributed by atoms with Crippen LogP contribution in [0, 0.1) is 16.0 Å². The Hall–Kier alpha value is -2.57. The maximum absolute atomic E-state index is 11.6. The molecule has 20 heavy (non-hydrogen) atoms. The van der Waals surface area contributed by atoms with Crippen molar-refractivity contribution in [2.24, 2.45) is 5.92 Å². The van der Waals surface area contributed by atoms with Gasteiger partial charge in [-0.05, 0) is 0 Å². The Morgan fingerprint density at radius 1 is 1.45 bits per heavy atom. The minimum Gasteiger partial charge on any atom is -0.339 e. The molecule has 0 bridgehead atoms. The molecule has 1 aromatic carbocycles. The maximum Gasteiger partial charge on any atom is 0.270 e. The summed E-state index contributed by atoms with van der Waals surface area (Å²) in [5.74, 6) is 0.341. The van der Waals surface area contributed by atoms with Crippen molar-refractivity contribution in [3.8, 4) is 11.4 Å². The predicted octanol–water partition coefficient (Wildman–Crippen LogP) is 2.41. The number of nitro groups is 1. The second-order valence-corrected chi connectivity index (χ2v) is 4.62. The van der Waals surface area contributed by atoms with Crippen molar-refractivity contribution in [3.05, 3.63) is 40.3 Å². The van der Waals surface area contributed by atoms with Crippen LogP contribution in [-0.4, -0.2) is 20.8 Å². The van der Waals surface area contributed by atoms with Gasteiger partial charge in [0.1, 0.15) is 5.78 Å². The average Bonchev–Trinajstić information content (AvgIpc) is 2.87. The van der Waals surface area contributed by atoms with E-state index in [9.17, 15) is 14.9 Å². The van der Waals surface area contributed by atoms with Crippen LogP contribution in [0.4, 0.5) is 5.69 Å². The minimum absolute atomic E-state index is 0.000702. The summed E-state index contributed by atoms with van der Waals surface area (Å²) in [5.41, 5.74) is 0.429. The van der Waals surface area contributed by atoms with Crippen LogP contribution in [0.5, 0.6) is 0 Å². The molecule has 1 heterocycles. The Kier molecular flexibility index (Phi) is 3.88. The van der Waals surface area contributed by atoms with E-state index in [1.165, 1.54) is 12.1 Å². The number of carbonyl (C=O) groups excluding carboxylic acids is 1. The highest BCUT2D eigenvalue weighted by Crippen LogP contribution is 2.21. The third-order valence-corrected chi connectivity index (χ3v) is 2.75. The molecule has 0 spiro atoms. The molecule has 0 fully saturated rings. The number of aromatic nitrogens is 2. The number of rotatable bonds is 5. The highest BCUT2D eigenvalue weighted by molar-refractivity contribution is 5.81. The lowest BCUT2D eigenvalue weighted by Crippen LogP contribution is -2.10. The van der Waals surface area contributed by atoms with E-state index in [4.69, 9.17) is 4.52 Å². The van der Waals surface area contributed by atoms with Crippen LogP contribution in [0.2, 0.25) is 0 Å². The number of Topliss-reactive ketones (excluding diaryl/α,β-unsaturated/α-hetero) is 1. The first-order chi connectivity index (χ1) is 9.47. The predicted molar refractivity (Wildman–Crippen MR) is 69.9 cm³/mol. The quantitative estimate of drug-likeness (QED) is 0.613. The Morgan fingerprint density at radius 2 is 2.20 bits per heavy atom. The first kappa shape index (κ1) is 13.9. The largest absolute Gasteiger partial charge is 0.339 e. The fourth-order valence-corrected chi connectivity index (χ4v) is 1.56. The number of nitro benzene ring substituents is 1. The molecule has 2 aromatic rings. The van der Waals surface area contributed by atoms with Crippen molar-refractivity contribution in [2.75, 3.05) is 0 Å². The van der Waals surface area contributed by atoms with Gasteiger partial charge in [0.05, 0.1) is 11.3 Å². The van der Waals surface area contributed by atoms with Crippen LogP contribution in [0.1, 0.15) is 19.7 Å². The van der Waals surface area contributed by atoms with Crippen LogP contribution in [0.3, 0.4) is 0 Å². The van der Waals surface area contributed by atoms with Gasteiger partial charge in [0, 0.05) is 23.6 Å². The van der Waals surface area contributed by atoms with E-state index < -0.39 is 4.92 Å². The highest BCUT2D eigenvalue weighted by atomic mass is 16.6. The lowest BCUT2D eigenvalue weighted by Gasteiger charge is -1.98. The number of nitrogens with zero attached hydrogens (tertiary/aromatic N) is 3. The SMILES string of the molecule is CC(C)C(=O)Cc1nc(-c2cccc([N+](=O)[O-])c2)no1. The standard InChI is InChI=1S/C13H13N3O4/c1-8(2)11(17)7-12-14-13(15-20-12)9-4-3-5-10(6-9)16(18)19/h3-6,8H,7H2,1-2H3. The van der Waals surface area contributed by atoms with Crippen molar-refractivity contribution >= 4 is 11.5 Å². The van der Waals surface area contributed by atoms with Crippen LogP contribution in [0.15, 0.2) is 28.8 Å². The number of hydrogen-bond acceptors (Lipinski definition) is 6. The van der Waals surface area contributed by atoms with Gasteiger partial charge in [0.25, 0.3) is 5.69 Å². The molecule has 1 aromatic heterocycles. The molecular weight excluding hydrogens is 262 g/mol. The Labute approximate surface area is 114 Å². The van der Waals surface area contributed by atoms with Gasteiger partial charge in [0.2, 0.25) is 11.7 Å². The van der Waals surface area contributed by atoms with Crippen molar-refractivity contribution in [1.29, 1.82) is 0 Å². The average molecular weight is 275 g/mol. The van der Waals surface area contributed by atoms with E-state index >= 15 is 0 Å². The fourth-order valence-electron chi connectivity index (χ4n) is 1.56. The first-order valence-electron chi connectivity index (χ1n) is 6.07. The molecule has 0 atom stereocenters. The molecule has 0 saturated heterocycles. The number of non-ortho nitro benzene ring substituents is 1. The van der Waals surface area contributed by atoms with Crippen molar-refractivity contribution < 1.29 is 14.2 Å². The lowest BCUT2D eigenvalue weighted by molar-refractivity contribution is -0.384. The summed E-state index contributed by atoms with van der Waals surface area (Å²) in [6.07, 6.45) is 0.0690. The second-order valence-electron chi connectivity index (χ2n) is 4.62. The van der Waals surface area contributed by atoms with Crippen LogP contribution < -0.4 is 0 Å². The van der Waals surface area contributed by atoms with E-state index in [1.807, 2.05) is 0 Å². The monoisotopic (exact) mass is 275 g/mol. The molecule has 0 N–H and O–H groups in total. The molecule has 0 aliphatic carbocycles. The van der Waals surface area contributed by atoms with Gasteiger partial charge in [-0.3, -0.25) is 14.9 Å². The van der Waals surface area contributed by atoms with Gasteiger partial charge in [-0.25, -0.2) is 0 Å². The summed E-state index contributed by atoms with van der Waals surface area (Å²) < 4.78 is 4.99. The summed E-state index contributed by atoms with van der Waals surface area (Å²) >= 11 is 0. The van der Waals surface area contributed by atoms with Gasteiger partial charge in [-0.15, -0.1) is 0 Å². The molecule has 0 aliphatic heterocycles. The van der Waals surface area contributed by atoms with Crippen molar-refractivity contribution in [1.82, 2.24) is 10.1 Å². The molecule has 7 heteroatoms. The molecule has 7 nitrogen and oxygen atoms in total. The zero-order valence-corrected chi connectivity index (χ0v) is 11.1. The third-order valence-electron chi connectivity index (χ3n) is 2.75. The summed E-state index contributed by atoms with van der Waals surface area (Å²) in [6.45, 7) is 3.58. The van der Waals surface area contributed by atoms with Crippen LogP contribution in [-0.2, 0) is 11.2 Å². The van der Waals surface area contributed by atoms with Crippen molar-refractivity contribution in [2.45, 2.75) is 20.3 Å².